The van der Waals surface area contributed by atoms with Gasteiger partial charge in [0.25, 0.3) is 0 Å². The highest BCUT2D eigenvalue weighted by molar-refractivity contribution is 5.88. The largest absolute Gasteiger partial charge is 0.458 e. The molecule has 11 heteroatoms. The van der Waals surface area contributed by atoms with Gasteiger partial charge in [-0.1, -0.05) is 54.5 Å². The number of halogens is 10. The number of fused-ring (bicyclic) bond motifs is 2. The van der Waals surface area contributed by atoms with Gasteiger partial charge in [-0.15, -0.1) is 0 Å². The molecule has 0 N–H and O–H groups in total. The highest BCUT2D eigenvalue weighted by Gasteiger charge is 2.41. The lowest BCUT2D eigenvalue weighted by atomic mass is 9.97. The fourth-order valence-corrected chi connectivity index (χ4v) is 5.12. The molecule has 0 saturated heterocycles. The van der Waals surface area contributed by atoms with Crippen LogP contribution in [0.2, 0.25) is 0 Å². The van der Waals surface area contributed by atoms with E-state index in [1.54, 1.807) is 6.07 Å². The summed E-state index contributed by atoms with van der Waals surface area (Å²) in [6, 6.07) is 20.7. The van der Waals surface area contributed by atoms with Crippen molar-refractivity contribution in [1.29, 1.82) is 0 Å². The summed E-state index contributed by atoms with van der Waals surface area (Å²) in [5, 5.41) is 0.980. The highest BCUT2D eigenvalue weighted by atomic mass is 19.4. The van der Waals surface area contributed by atoms with E-state index < -0.39 is 69.0 Å². The summed E-state index contributed by atoms with van der Waals surface area (Å²) in [4.78, 5) is 0. The Balaban J connectivity index is 1.28. The van der Waals surface area contributed by atoms with Crippen LogP contribution in [0.1, 0.15) is 11.1 Å². The van der Waals surface area contributed by atoms with E-state index in [2.05, 4.69) is 4.74 Å². The quantitative estimate of drug-likeness (QED) is 0.133. The van der Waals surface area contributed by atoms with Crippen molar-refractivity contribution < 1.29 is 48.6 Å². The van der Waals surface area contributed by atoms with E-state index in [1.165, 1.54) is 18.1 Å². The summed E-state index contributed by atoms with van der Waals surface area (Å²) in [6.07, 6.45) is -9.70. The summed E-state index contributed by atoms with van der Waals surface area (Å²) < 4.78 is 146. The number of ether oxygens (including phenoxy) is 1. The minimum Gasteiger partial charge on any atom is -0.429 e. The predicted octanol–water partition coefficient (Wildman–Crippen LogP) is 11.1. The van der Waals surface area contributed by atoms with Gasteiger partial charge in [0, 0.05) is 16.9 Å². The van der Waals surface area contributed by atoms with Gasteiger partial charge in [-0.2, -0.15) is 22.0 Å². The lowest BCUT2D eigenvalue weighted by Gasteiger charge is -2.20. The molecule has 0 aromatic heterocycles. The number of alkyl halides is 5. The van der Waals surface area contributed by atoms with Crippen LogP contribution >= 0.6 is 0 Å². The maximum Gasteiger partial charge on any atom is 0.458 e. The minimum absolute atomic E-state index is 0.263. The van der Waals surface area contributed by atoms with E-state index in [-0.39, 0.29) is 11.1 Å². The second-order valence-corrected chi connectivity index (χ2v) is 10.4. The van der Waals surface area contributed by atoms with E-state index in [1.807, 2.05) is 36.4 Å². The van der Waals surface area contributed by atoms with Crippen molar-refractivity contribution in [2.24, 2.45) is 0 Å². The van der Waals surface area contributed by atoms with Crippen LogP contribution in [-0.2, 0) is 6.11 Å². The van der Waals surface area contributed by atoms with Crippen LogP contribution in [-0.4, -0.2) is 6.18 Å². The molecular formula is C36H16F10O. The summed E-state index contributed by atoms with van der Waals surface area (Å²) >= 11 is 0. The van der Waals surface area contributed by atoms with Crippen LogP contribution in [0.3, 0.4) is 0 Å². The second-order valence-electron chi connectivity index (χ2n) is 10.4. The maximum atomic E-state index is 15.2. The molecule has 0 bridgehead atoms. The molecule has 47 heavy (non-hydrogen) atoms. The van der Waals surface area contributed by atoms with Crippen molar-refractivity contribution in [2.45, 2.75) is 12.3 Å². The molecule has 1 nitrogen and oxygen atoms in total. The minimum atomic E-state index is -5.03. The predicted molar refractivity (Wildman–Crippen MR) is 156 cm³/mol. The van der Waals surface area contributed by atoms with Gasteiger partial charge in [0.2, 0.25) is 0 Å². The number of rotatable bonds is 5. The Bertz CT molecular complexity index is 2240. The second kappa shape index (κ2) is 11.7. The lowest BCUT2D eigenvalue weighted by Crippen LogP contribution is -2.25. The van der Waals surface area contributed by atoms with Gasteiger partial charge in [0.1, 0.15) is 40.4 Å². The van der Waals surface area contributed by atoms with Gasteiger partial charge in [-0.25, -0.2) is 22.0 Å². The molecule has 0 heterocycles. The molecule has 0 radical (unpaired) electrons. The van der Waals surface area contributed by atoms with Gasteiger partial charge in [0.05, 0.1) is 5.56 Å². The Morgan fingerprint density at radius 3 is 1.85 bits per heavy atom. The molecule has 6 aromatic rings. The molecule has 0 unspecified atom stereocenters. The summed E-state index contributed by atoms with van der Waals surface area (Å²) in [5.74, 6) is -6.09. The van der Waals surface area contributed by atoms with Gasteiger partial charge in [0.15, 0.2) is 0 Å². The van der Waals surface area contributed by atoms with E-state index in [9.17, 15) is 22.0 Å². The smallest absolute Gasteiger partial charge is 0.429 e. The van der Waals surface area contributed by atoms with Crippen molar-refractivity contribution in [3.05, 3.63) is 137 Å². The Morgan fingerprint density at radius 1 is 0.532 bits per heavy atom. The first kappa shape index (κ1) is 31.5. The molecule has 0 fully saturated rings. The van der Waals surface area contributed by atoms with E-state index >= 15 is 22.0 Å². The van der Waals surface area contributed by atoms with Crippen molar-refractivity contribution >= 4 is 21.5 Å². The molecule has 0 aliphatic carbocycles. The van der Waals surface area contributed by atoms with E-state index in [0.717, 1.165) is 34.9 Å². The number of benzene rings is 6. The molecule has 0 atom stereocenters. The zero-order valence-corrected chi connectivity index (χ0v) is 23.4. The third-order valence-corrected chi connectivity index (χ3v) is 7.27. The third-order valence-electron chi connectivity index (χ3n) is 7.27. The summed E-state index contributed by atoms with van der Waals surface area (Å²) in [7, 11) is 0. The monoisotopic (exact) mass is 654 g/mol. The summed E-state index contributed by atoms with van der Waals surface area (Å²) in [6.45, 7) is 0. The Labute approximate surface area is 259 Å². The Kier molecular flexibility index (Phi) is 7.83. The molecule has 236 valence electrons. The maximum absolute atomic E-state index is 15.2. The average molecular weight is 655 g/mol. The van der Waals surface area contributed by atoms with Crippen LogP contribution in [0.4, 0.5) is 43.9 Å². The molecular weight excluding hydrogens is 638 g/mol. The van der Waals surface area contributed by atoms with Crippen molar-refractivity contribution in [3.8, 4) is 39.8 Å². The standard InChI is InChI=1S/C36H16F10O/c37-29-15-22(21-6-5-19-3-1-2-4-20(19)13-21)7-9-26(29)24-17-31(39)33(32(40)18-24)36(45,46)47-25-8-10-27-23(14-25)16-30(38)28(34(27)41)11-12-35(42,43)44/h1-10,13-18H. The van der Waals surface area contributed by atoms with Crippen LogP contribution in [0, 0.1) is 40.9 Å². The van der Waals surface area contributed by atoms with Crippen molar-refractivity contribution in [1.82, 2.24) is 0 Å². The van der Waals surface area contributed by atoms with E-state index in [0.29, 0.717) is 35.4 Å². The molecule has 0 saturated carbocycles. The van der Waals surface area contributed by atoms with E-state index in [4.69, 9.17) is 0 Å². The molecule has 0 amide bonds. The summed E-state index contributed by atoms with van der Waals surface area (Å²) in [5.41, 5.74) is -2.50. The van der Waals surface area contributed by atoms with Gasteiger partial charge in [-0.05, 0) is 81.4 Å². The first-order chi connectivity index (χ1) is 22.2. The molecule has 0 aliphatic heterocycles. The zero-order chi connectivity index (χ0) is 33.7. The first-order valence-corrected chi connectivity index (χ1v) is 13.6. The number of hydrogen-bond acceptors (Lipinski definition) is 1. The fourth-order valence-electron chi connectivity index (χ4n) is 5.12. The highest BCUT2D eigenvalue weighted by Crippen LogP contribution is 2.39. The first-order valence-electron chi connectivity index (χ1n) is 13.6. The lowest BCUT2D eigenvalue weighted by molar-refractivity contribution is -0.189. The van der Waals surface area contributed by atoms with Crippen LogP contribution in [0.5, 0.6) is 5.75 Å². The third kappa shape index (κ3) is 6.31. The molecule has 0 spiro atoms. The van der Waals surface area contributed by atoms with Gasteiger partial charge >= 0.3 is 12.3 Å². The molecule has 0 aliphatic rings. The topological polar surface area (TPSA) is 9.23 Å². The molecule has 6 aromatic carbocycles. The van der Waals surface area contributed by atoms with Crippen LogP contribution < -0.4 is 4.74 Å². The Morgan fingerprint density at radius 2 is 1.17 bits per heavy atom. The number of hydrogen-bond donors (Lipinski definition) is 0. The fraction of sp³-hybridized carbons (Fsp3) is 0.0556. The average Bonchev–Trinajstić information content (AvgIpc) is 2.99. The van der Waals surface area contributed by atoms with Crippen molar-refractivity contribution in [2.75, 3.05) is 0 Å². The normalized spacial score (nSPS) is 11.9. The van der Waals surface area contributed by atoms with Crippen LogP contribution in [0.15, 0.2) is 97.1 Å². The van der Waals surface area contributed by atoms with Gasteiger partial charge in [-0.3, -0.25) is 0 Å². The van der Waals surface area contributed by atoms with Crippen molar-refractivity contribution in [3.63, 3.8) is 0 Å². The zero-order valence-electron chi connectivity index (χ0n) is 23.4. The van der Waals surface area contributed by atoms with Crippen LogP contribution in [0.25, 0.3) is 43.8 Å². The SMILES string of the molecule is Fc1cc(-c2ccc3ccccc3c2)ccc1-c1cc(F)c(C(F)(F)Oc2ccc3c(F)c(C#CC(F)(F)F)c(F)cc3c2)c(F)c1. The Hall–Kier alpha value is -5.50. The van der Waals surface area contributed by atoms with Gasteiger partial charge < -0.3 is 4.74 Å². The molecule has 6 rings (SSSR count).